The standard InChI is InChI=1S/C13H14BrClN4O3/c14-8-6-17-19-9(5-10(15)18-12(8)19)11(22-13(16)20)7-1-3-21-4-2-7/h5-7,11H,1-4H2,(H2,16,20). The van der Waals surface area contributed by atoms with Gasteiger partial charge in [0.1, 0.15) is 11.3 Å². The van der Waals surface area contributed by atoms with Crippen molar-refractivity contribution in [2.45, 2.75) is 18.9 Å². The summed E-state index contributed by atoms with van der Waals surface area (Å²) in [5.41, 5.74) is 6.45. The molecule has 1 saturated heterocycles. The van der Waals surface area contributed by atoms with E-state index in [1.807, 2.05) is 0 Å². The first-order valence-corrected chi connectivity index (χ1v) is 7.97. The van der Waals surface area contributed by atoms with Gasteiger partial charge in [0.25, 0.3) is 0 Å². The van der Waals surface area contributed by atoms with Crippen LogP contribution in [-0.4, -0.2) is 33.9 Å². The molecule has 7 nitrogen and oxygen atoms in total. The van der Waals surface area contributed by atoms with Crippen LogP contribution in [0, 0.1) is 5.92 Å². The number of halogens is 2. The van der Waals surface area contributed by atoms with E-state index in [1.165, 1.54) is 0 Å². The maximum atomic E-state index is 11.3. The molecule has 2 N–H and O–H groups in total. The molecule has 3 rings (SSSR count). The van der Waals surface area contributed by atoms with Crippen molar-refractivity contribution in [1.82, 2.24) is 14.6 Å². The summed E-state index contributed by atoms with van der Waals surface area (Å²) in [6, 6.07) is 1.65. The number of fused-ring (bicyclic) bond motifs is 1. The second-order valence-electron chi connectivity index (χ2n) is 5.04. The van der Waals surface area contributed by atoms with E-state index in [4.69, 9.17) is 26.8 Å². The number of primary amides is 1. The van der Waals surface area contributed by atoms with Gasteiger partial charge in [-0.15, -0.1) is 0 Å². The monoisotopic (exact) mass is 388 g/mol. The largest absolute Gasteiger partial charge is 0.440 e. The number of rotatable bonds is 3. The smallest absolute Gasteiger partial charge is 0.405 e. The molecule has 0 radical (unpaired) electrons. The van der Waals surface area contributed by atoms with Gasteiger partial charge in [-0.05, 0) is 28.8 Å². The predicted octanol–water partition coefficient (Wildman–Crippen LogP) is 2.71. The van der Waals surface area contributed by atoms with Crippen molar-refractivity contribution in [2.24, 2.45) is 11.7 Å². The SMILES string of the molecule is NC(=O)OC(c1cc(Cl)nc2c(Br)cnn12)C1CCOCC1. The summed E-state index contributed by atoms with van der Waals surface area (Å²) in [6.45, 7) is 1.24. The van der Waals surface area contributed by atoms with Crippen LogP contribution in [0.25, 0.3) is 5.65 Å². The predicted molar refractivity (Wildman–Crippen MR) is 82.6 cm³/mol. The van der Waals surface area contributed by atoms with Crippen LogP contribution in [0.5, 0.6) is 0 Å². The normalized spacial score (nSPS) is 17.5. The summed E-state index contributed by atoms with van der Waals surface area (Å²) in [4.78, 5) is 15.6. The van der Waals surface area contributed by atoms with Crippen LogP contribution in [0.2, 0.25) is 5.15 Å². The van der Waals surface area contributed by atoms with Crippen molar-refractivity contribution in [2.75, 3.05) is 13.2 Å². The minimum Gasteiger partial charge on any atom is -0.440 e. The van der Waals surface area contributed by atoms with Gasteiger partial charge in [-0.1, -0.05) is 11.6 Å². The van der Waals surface area contributed by atoms with Crippen LogP contribution in [-0.2, 0) is 9.47 Å². The third-order valence-electron chi connectivity index (χ3n) is 3.65. The molecule has 22 heavy (non-hydrogen) atoms. The van der Waals surface area contributed by atoms with E-state index >= 15 is 0 Å². The van der Waals surface area contributed by atoms with Crippen molar-refractivity contribution in [1.29, 1.82) is 0 Å². The average molecular weight is 390 g/mol. The van der Waals surface area contributed by atoms with Crippen LogP contribution in [0.3, 0.4) is 0 Å². The fraction of sp³-hybridized carbons (Fsp3) is 0.462. The van der Waals surface area contributed by atoms with E-state index in [0.29, 0.717) is 34.2 Å². The van der Waals surface area contributed by atoms with Gasteiger partial charge in [0.05, 0.1) is 16.4 Å². The van der Waals surface area contributed by atoms with Crippen LogP contribution in [0.1, 0.15) is 24.6 Å². The van der Waals surface area contributed by atoms with Gasteiger partial charge in [-0.25, -0.2) is 14.3 Å². The summed E-state index contributed by atoms with van der Waals surface area (Å²) < 4.78 is 13.1. The summed E-state index contributed by atoms with van der Waals surface area (Å²) in [7, 11) is 0. The molecule has 2 aromatic heterocycles. The minimum atomic E-state index is -0.830. The number of hydrogen-bond donors (Lipinski definition) is 1. The van der Waals surface area contributed by atoms with E-state index in [1.54, 1.807) is 16.8 Å². The summed E-state index contributed by atoms with van der Waals surface area (Å²) in [6.07, 6.45) is 1.77. The number of hydrogen-bond acceptors (Lipinski definition) is 5. The Morgan fingerprint density at radius 2 is 2.27 bits per heavy atom. The van der Waals surface area contributed by atoms with Gasteiger partial charge in [0.15, 0.2) is 5.65 Å². The van der Waals surface area contributed by atoms with Crippen LogP contribution < -0.4 is 5.73 Å². The van der Waals surface area contributed by atoms with Crippen molar-refractivity contribution in [3.8, 4) is 0 Å². The summed E-state index contributed by atoms with van der Waals surface area (Å²) in [5.74, 6) is 0.0888. The second-order valence-corrected chi connectivity index (χ2v) is 6.28. The van der Waals surface area contributed by atoms with Gasteiger partial charge in [-0.3, -0.25) is 0 Å². The number of nitrogens with two attached hydrogens (primary N) is 1. The second kappa shape index (κ2) is 6.39. The molecule has 0 aromatic carbocycles. The number of nitrogens with zero attached hydrogens (tertiary/aromatic N) is 3. The fourth-order valence-electron chi connectivity index (χ4n) is 2.67. The molecule has 9 heteroatoms. The summed E-state index contributed by atoms with van der Waals surface area (Å²) >= 11 is 9.48. The van der Waals surface area contributed by atoms with Crippen LogP contribution >= 0.6 is 27.5 Å². The van der Waals surface area contributed by atoms with Gasteiger partial charge in [0.2, 0.25) is 0 Å². The molecule has 118 valence electrons. The maximum Gasteiger partial charge on any atom is 0.405 e. The zero-order valence-corrected chi connectivity index (χ0v) is 13.9. The number of amides is 1. The van der Waals surface area contributed by atoms with Crippen molar-refractivity contribution in [3.05, 3.63) is 27.6 Å². The van der Waals surface area contributed by atoms with Crippen molar-refractivity contribution >= 4 is 39.3 Å². The lowest BCUT2D eigenvalue weighted by Crippen LogP contribution is -2.29. The Balaban J connectivity index is 2.08. The Labute approximate surface area is 139 Å². The lowest BCUT2D eigenvalue weighted by molar-refractivity contribution is -0.00336. The molecule has 1 unspecified atom stereocenters. The molecule has 1 aliphatic rings. The number of ether oxygens (including phenoxy) is 2. The fourth-order valence-corrected chi connectivity index (χ4v) is 3.21. The topological polar surface area (TPSA) is 91.7 Å². The van der Waals surface area contributed by atoms with E-state index < -0.39 is 12.2 Å². The third kappa shape index (κ3) is 3.04. The first-order valence-electron chi connectivity index (χ1n) is 6.80. The zero-order valence-electron chi connectivity index (χ0n) is 11.5. The van der Waals surface area contributed by atoms with Gasteiger partial charge in [0, 0.05) is 25.2 Å². The number of carbonyl (C=O) groups excluding carboxylic acids is 1. The van der Waals surface area contributed by atoms with Crippen LogP contribution in [0.15, 0.2) is 16.7 Å². The van der Waals surface area contributed by atoms with Gasteiger partial charge < -0.3 is 15.2 Å². The highest BCUT2D eigenvalue weighted by Crippen LogP contribution is 2.34. The third-order valence-corrected chi connectivity index (χ3v) is 4.41. The van der Waals surface area contributed by atoms with Crippen LogP contribution in [0.4, 0.5) is 4.79 Å². The molecule has 2 aromatic rings. The quantitative estimate of drug-likeness (QED) is 0.815. The molecule has 1 amide bonds. The molecule has 1 fully saturated rings. The molecule has 0 spiro atoms. The summed E-state index contributed by atoms with van der Waals surface area (Å²) in [5, 5.41) is 4.57. The first-order chi connectivity index (χ1) is 10.6. The Hall–Kier alpha value is -1.38. The molecular formula is C13H14BrClN4O3. The van der Waals surface area contributed by atoms with Crippen molar-refractivity contribution < 1.29 is 14.3 Å². The highest BCUT2D eigenvalue weighted by atomic mass is 79.9. The van der Waals surface area contributed by atoms with Gasteiger partial charge >= 0.3 is 6.09 Å². The first kappa shape index (κ1) is 15.5. The lowest BCUT2D eigenvalue weighted by Gasteiger charge is -2.29. The number of carbonyl (C=O) groups is 1. The Kier molecular flexibility index (Phi) is 4.51. The molecule has 1 atom stereocenters. The van der Waals surface area contributed by atoms with E-state index in [0.717, 1.165) is 12.8 Å². The Morgan fingerprint density at radius 3 is 2.95 bits per heavy atom. The van der Waals surface area contributed by atoms with E-state index in [2.05, 4.69) is 26.0 Å². The van der Waals surface area contributed by atoms with Crippen molar-refractivity contribution in [3.63, 3.8) is 0 Å². The zero-order chi connectivity index (χ0) is 15.7. The Bertz CT molecular complexity index is 702. The molecule has 0 saturated carbocycles. The molecule has 1 aliphatic heterocycles. The molecule has 0 bridgehead atoms. The molecular weight excluding hydrogens is 376 g/mol. The lowest BCUT2D eigenvalue weighted by atomic mass is 9.91. The number of aromatic nitrogens is 3. The van der Waals surface area contributed by atoms with Gasteiger partial charge in [-0.2, -0.15) is 5.10 Å². The van der Waals surface area contributed by atoms with E-state index in [9.17, 15) is 4.79 Å². The molecule has 3 heterocycles. The molecule has 0 aliphatic carbocycles. The average Bonchev–Trinajstić information content (AvgIpc) is 2.86. The van der Waals surface area contributed by atoms with E-state index in [-0.39, 0.29) is 5.92 Å². The maximum absolute atomic E-state index is 11.3. The Morgan fingerprint density at radius 1 is 1.55 bits per heavy atom. The highest BCUT2D eigenvalue weighted by Gasteiger charge is 2.31. The highest BCUT2D eigenvalue weighted by molar-refractivity contribution is 9.10. The minimum absolute atomic E-state index is 0.0888.